The van der Waals surface area contributed by atoms with Crippen molar-refractivity contribution in [1.29, 1.82) is 0 Å². The molecule has 0 saturated carbocycles. The fraction of sp³-hybridized carbons (Fsp3) is 0.522. The van der Waals surface area contributed by atoms with E-state index in [2.05, 4.69) is 35.6 Å². The average Bonchev–Trinajstić information content (AvgIpc) is 2.88. The van der Waals surface area contributed by atoms with E-state index in [4.69, 9.17) is 0 Å². The standard InChI is InChI=1S/C23H35N4O5PS/c1-22(2,3)11-12-27-19(23(4,5)6)18(28)17(21(27)29)20-24-15-10-9-14(26-34(8,31)32)13-16(15)33(7,30)25-20/h9-10,13,26,28-29H,11-12H2,1-8H3,(H,24,25,30). The van der Waals surface area contributed by atoms with Gasteiger partial charge in [-0.3, -0.25) is 9.29 Å². The second-order valence-electron chi connectivity index (χ2n) is 11.2. The lowest BCUT2D eigenvalue weighted by atomic mass is 9.89. The van der Waals surface area contributed by atoms with Crippen LogP contribution in [0, 0.1) is 5.41 Å². The summed E-state index contributed by atoms with van der Waals surface area (Å²) in [5, 5.41) is 25.9. The minimum atomic E-state index is -3.50. The number of aromatic hydroxyl groups is 2. The molecule has 2 heterocycles. The summed E-state index contributed by atoms with van der Waals surface area (Å²) in [4.78, 5) is 0. The lowest BCUT2D eigenvalue weighted by Gasteiger charge is -2.25. The predicted molar refractivity (Wildman–Crippen MR) is 139 cm³/mol. The van der Waals surface area contributed by atoms with Crippen molar-refractivity contribution in [3.63, 3.8) is 0 Å². The first-order valence-corrected chi connectivity index (χ1v) is 15.0. The quantitative estimate of drug-likeness (QED) is 0.441. The van der Waals surface area contributed by atoms with E-state index in [0.29, 0.717) is 23.2 Å². The van der Waals surface area contributed by atoms with Gasteiger partial charge in [0.1, 0.15) is 11.4 Å². The molecule has 0 amide bonds. The van der Waals surface area contributed by atoms with Crippen LogP contribution in [0.5, 0.6) is 11.6 Å². The first kappa shape index (κ1) is 26.2. The Morgan fingerprint density at radius 3 is 2.29 bits per heavy atom. The van der Waals surface area contributed by atoms with Crippen molar-refractivity contribution in [3.05, 3.63) is 29.5 Å². The zero-order chi connectivity index (χ0) is 25.9. The molecule has 1 aromatic heterocycles. The van der Waals surface area contributed by atoms with Gasteiger partial charge in [-0.2, -0.15) is 0 Å². The zero-order valence-electron chi connectivity index (χ0n) is 21.0. The number of rotatable bonds is 5. The van der Waals surface area contributed by atoms with Crippen LogP contribution in [0.4, 0.5) is 11.4 Å². The third-order valence-corrected chi connectivity index (χ3v) is 7.99. The molecule has 11 heteroatoms. The van der Waals surface area contributed by atoms with Crippen molar-refractivity contribution in [2.45, 2.75) is 59.9 Å². The van der Waals surface area contributed by atoms with Crippen molar-refractivity contribution in [2.24, 2.45) is 10.2 Å². The topological polar surface area (TPSA) is 133 Å². The van der Waals surface area contributed by atoms with E-state index < -0.39 is 22.7 Å². The summed E-state index contributed by atoms with van der Waals surface area (Å²) in [6.07, 6.45) is 1.80. The number of hydrogen-bond acceptors (Lipinski definition) is 6. The molecule has 2 aromatic rings. The number of benzene rings is 1. The SMILES string of the molecule is CC(C)(C)CCn1c(O)c(C2=NP(C)(=O)c3cc(NS(C)(=O)=O)ccc3N2)c(O)c1C(C)(C)C. The highest BCUT2D eigenvalue weighted by molar-refractivity contribution is 7.92. The highest BCUT2D eigenvalue weighted by atomic mass is 32.2. The maximum atomic E-state index is 13.6. The summed E-state index contributed by atoms with van der Waals surface area (Å²) in [6.45, 7) is 14.1. The second-order valence-corrected chi connectivity index (χ2v) is 15.4. The lowest BCUT2D eigenvalue weighted by molar-refractivity contribution is 0.319. The molecular formula is C23H35N4O5PS. The summed E-state index contributed by atoms with van der Waals surface area (Å²) in [5.41, 5.74) is 0.944. The van der Waals surface area contributed by atoms with Crippen LogP contribution >= 0.6 is 7.29 Å². The van der Waals surface area contributed by atoms with E-state index in [0.717, 1.165) is 12.7 Å². The first-order valence-electron chi connectivity index (χ1n) is 11.0. The molecule has 9 nitrogen and oxygen atoms in total. The molecule has 0 spiro atoms. The van der Waals surface area contributed by atoms with Crippen molar-refractivity contribution < 1.29 is 23.2 Å². The molecule has 34 heavy (non-hydrogen) atoms. The molecule has 0 aliphatic carbocycles. The number of nitrogens with zero attached hydrogens (tertiary/aromatic N) is 2. The molecule has 0 saturated heterocycles. The molecule has 1 aromatic carbocycles. The monoisotopic (exact) mass is 510 g/mol. The summed E-state index contributed by atoms with van der Waals surface area (Å²) in [6, 6.07) is 4.63. The maximum Gasteiger partial charge on any atom is 0.229 e. The summed E-state index contributed by atoms with van der Waals surface area (Å²) >= 11 is 0. The Morgan fingerprint density at radius 2 is 1.76 bits per heavy atom. The summed E-state index contributed by atoms with van der Waals surface area (Å²) in [5.74, 6) is -0.141. The van der Waals surface area contributed by atoms with Gasteiger partial charge >= 0.3 is 0 Å². The molecule has 1 aliphatic rings. The number of nitrogens with one attached hydrogen (secondary N) is 2. The molecule has 0 fully saturated rings. The molecular weight excluding hydrogens is 475 g/mol. The van der Waals surface area contributed by atoms with Crippen LogP contribution in [-0.4, -0.2) is 42.0 Å². The lowest BCUT2D eigenvalue weighted by Crippen LogP contribution is -2.25. The van der Waals surface area contributed by atoms with E-state index in [-0.39, 0.29) is 34.1 Å². The second kappa shape index (κ2) is 8.34. The van der Waals surface area contributed by atoms with Crippen LogP contribution in [0.25, 0.3) is 0 Å². The van der Waals surface area contributed by atoms with Crippen LogP contribution in [-0.2, 0) is 26.5 Å². The fourth-order valence-electron chi connectivity index (χ4n) is 4.00. The molecule has 188 valence electrons. The van der Waals surface area contributed by atoms with Crippen molar-refractivity contribution in [2.75, 3.05) is 23.0 Å². The predicted octanol–water partition coefficient (Wildman–Crippen LogP) is 4.41. The summed E-state index contributed by atoms with van der Waals surface area (Å²) < 4.78 is 45.2. The third kappa shape index (κ3) is 5.44. The molecule has 0 bridgehead atoms. The average molecular weight is 511 g/mol. The van der Waals surface area contributed by atoms with E-state index in [1.54, 1.807) is 16.7 Å². The van der Waals surface area contributed by atoms with Gasteiger partial charge < -0.3 is 20.1 Å². The Kier molecular flexibility index (Phi) is 6.42. The van der Waals surface area contributed by atoms with Crippen molar-refractivity contribution in [3.8, 4) is 11.6 Å². The number of anilines is 2. The van der Waals surface area contributed by atoms with Crippen molar-refractivity contribution in [1.82, 2.24) is 4.57 Å². The van der Waals surface area contributed by atoms with E-state index in [9.17, 15) is 23.2 Å². The molecule has 0 radical (unpaired) electrons. The highest BCUT2D eigenvalue weighted by Crippen LogP contribution is 2.50. The van der Waals surface area contributed by atoms with Gasteiger partial charge in [0.05, 0.1) is 22.9 Å². The first-order chi connectivity index (χ1) is 15.3. The van der Waals surface area contributed by atoms with Crippen LogP contribution in [0.1, 0.15) is 59.2 Å². The van der Waals surface area contributed by atoms with Crippen LogP contribution in [0.15, 0.2) is 23.0 Å². The fourth-order valence-corrected chi connectivity index (χ4v) is 6.15. The number of fused-ring (bicyclic) bond motifs is 1. The van der Waals surface area contributed by atoms with Crippen LogP contribution < -0.4 is 15.3 Å². The minimum Gasteiger partial charge on any atom is -0.505 e. The van der Waals surface area contributed by atoms with Gasteiger partial charge in [-0.1, -0.05) is 41.5 Å². The Hall–Kier alpha value is -2.45. The van der Waals surface area contributed by atoms with Gasteiger partial charge in [-0.25, -0.2) is 13.2 Å². The van der Waals surface area contributed by atoms with Gasteiger partial charge in [-0.15, -0.1) is 0 Å². The zero-order valence-corrected chi connectivity index (χ0v) is 22.7. The van der Waals surface area contributed by atoms with E-state index in [1.807, 2.05) is 20.8 Å². The van der Waals surface area contributed by atoms with Gasteiger partial charge in [0.15, 0.2) is 5.75 Å². The largest absolute Gasteiger partial charge is 0.505 e. The molecule has 3 rings (SSSR count). The number of amidine groups is 1. The normalized spacial score (nSPS) is 18.8. The Bertz CT molecular complexity index is 1310. The van der Waals surface area contributed by atoms with E-state index >= 15 is 0 Å². The van der Waals surface area contributed by atoms with Crippen LogP contribution in [0.3, 0.4) is 0 Å². The number of aromatic nitrogens is 1. The summed E-state index contributed by atoms with van der Waals surface area (Å²) in [7, 11) is -6.86. The molecule has 1 aliphatic heterocycles. The van der Waals surface area contributed by atoms with Gasteiger partial charge in [0, 0.05) is 24.3 Å². The Labute approximate surface area is 201 Å². The maximum absolute atomic E-state index is 13.6. The van der Waals surface area contributed by atoms with E-state index in [1.165, 1.54) is 12.7 Å². The molecule has 1 atom stereocenters. The number of hydrogen-bond donors (Lipinski definition) is 4. The van der Waals surface area contributed by atoms with Crippen LogP contribution in [0.2, 0.25) is 0 Å². The Morgan fingerprint density at radius 1 is 1.15 bits per heavy atom. The van der Waals surface area contributed by atoms with Gasteiger partial charge in [0.25, 0.3) is 0 Å². The third-order valence-electron chi connectivity index (χ3n) is 5.53. The van der Waals surface area contributed by atoms with Gasteiger partial charge in [-0.05, 0) is 30.0 Å². The Balaban J connectivity index is 2.13. The van der Waals surface area contributed by atoms with Crippen molar-refractivity contribution >= 4 is 39.8 Å². The molecule has 4 N–H and O–H groups in total. The molecule has 1 unspecified atom stereocenters. The minimum absolute atomic E-state index is 0.0119. The highest BCUT2D eigenvalue weighted by Gasteiger charge is 2.36. The number of sulfonamides is 1. The smallest absolute Gasteiger partial charge is 0.229 e. The van der Waals surface area contributed by atoms with Gasteiger partial charge in [0.2, 0.25) is 23.2 Å².